The van der Waals surface area contributed by atoms with E-state index >= 15 is 0 Å². The van der Waals surface area contributed by atoms with Gasteiger partial charge in [0.05, 0.1) is 0 Å². The van der Waals surface area contributed by atoms with Crippen LogP contribution in [-0.2, 0) is 20.9 Å². The van der Waals surface area contributed by atoms with Gasteiger partial charge in [0, 0.05) is 25.5 Å². The van der Waals surface area contributed by atoms with Crippen molar-refractivity contribution in [3.63, 3.8) is 0 Å². The summed E-state index contributed by atoms with van der Waals surface area (Å²) < 4.78 is 6.86. The van der Waals surface area contributed by atoms with E-state index in [-0.39, 0.29) is 0 Å². The van der Waals surface area contributed by atoms with E-state index in [1.807, 2.05) is 4.57 Å². The molecule has 0 saturated heterocycles. The van der Waals surface area contributed by atoms with Gasteiger partial charge >= 0.3 is 11.9 Å². The van der Waals surface area contributed by atoms with E-state index in [0.29, 0.717) is 19.0 Å². The summed E-state index contributed by atoms with van der Waals surface area (Å²) in [4.78, 5) is 28.9. The average molecular weight is 237 g/mol. The molecule has 0 aliphatic carbocycles. The van der Waals surface area contributed by atoms with Crippen molar-refractivity contribution in [3.05, 3.63) is 12.4 Å². The number of nitrogens with zero attached hydrogens (tertiary/aromatic N) is 3. The molecule has 6 heteroatoms. The van der Waals surface area contributed by atoms with Gasteiger partial charge in [0.15, 0.2) is 0 Å². The van der Waals surface area contributed by atoms with Gasteiger partial charge < -0.3 is 9.30 Å². The predicted molar refractivity (Wildman–Crippen MR) is 60.4 cm³/mol. The zero-order valence-electron chi connectivity index (χ0n) is 10.1. The first-order valence-electron chi connectivity index (χ1n) is 5.44. The highest BCUT2D eigenvalue weighted by atomic mass is 16.6. The van der Waals surface area contributed by atoms with Crippen LogP contribution in [0.5, 0.6) is 0 Å². The Labute approximate surface area is 99.2 Å². The number of carbonyl (C=O) groups excluding carboxylic acids is 2. The fourth-order valence-electron chi connectivity index (χ4n) is 1.65. The second-order valence-corrected chi connectivity index (χ2v) is 4.88. The summed E-state index contributed by atoms with van der Waals surface area (Å²) in [5, 5.41) is 0. The number of carbonyl (C=O) groups is 2. The van der Waals surface area contributed by atoms with Gasteiger partial charge in [0.2, 0.25) is 5.95 Å². The minimum absolute atomic E-state index is 0.460. The Bertz CT molecular complexity index is 459. The molecule has 1 aliphatic heterocycles. The van der Waals surface area contributed by atoms with Gasteiger partial charge in [0.25, 0.3) is 0 Å². The Morgan fingerprint density at radius 3 is 2.71 bits per heavy atom. The lowest BCUT2D eigenvalue weighted by molar-refractivity contribution is -0.162. The monoisotopic (exact) mass is 237 g/mol. The number of anilines is 1. The van der Waals surface area contributed by atoms with Crippen LogP contribution in [0, 0.1) is 0 Å². The van der Waals surface area contributed by atoms with Gasteiger partial charge in [-0.2, -0.15) is 0 Å². The van der Waals surface area contributed by atoms with Crippen LogP contribution in [0.25, 0.3) is 0 Å². The highest BCUT2D eigenvalue weighted by Crippen LogP contribution is 2.19. The Kier molecular flexibility index (Phi) is 2.65. The van der Waals surface area contributed by atoms with Crippen LogP contribution in [0.15, 0.2) is 12.4 Å². The van der Waals surface area contributed by atoms with Crippen LogP contribution < -0.4 is 4.90 Å². The third-order valence-electron chi connectivity index (χ3n) is 2.32. The van der Waals surface area contributed by atoms with Crippen LogP contribution in [-0.4, -0.2) is 33.6 Å². The molecule has 0 radical (unpaired) electrons. The fraction of sp³-hybridized carbons (Fsp3) is 0.545. The highest BCUT2D eigenvalue weighted by molar-refractivity contribution is 6.38. The summed E-state index contributed by atoms with van der Waals surface area (Å²) in [6.07, 6.45) is 3.38. The van der Waals surface area contributed by atoms with Gasteiger partial charge in [0.1, 0.15) is 5.60 Å². The molecule has 2 heterocycles. The summed E-state index contributed by atoms with van der Waals surface area (Å²) in [6.45, 7) is 6.29. The molecule has 0 fully saturated rings. The Balaban J connectivity index is 2.10. The predicted octanol–water partition coefficient (Wildman–Crippen LogP) is 0.571. The molecule has 2 rings (SSSR count). The van der Waals surface area contributed by atoms with Gasteiger partial charge in [-0.05, 0) is 20.8 Å². The first-order valence-corrected chi connectivity index (χ1v) is 5.44. The Hall–Kier alpha value is -1.85. The summed E-state index contributed by atoms with van der Waals surface area (Å²) >= 11 is 0. The molecule has 1 aromatic rings. The maximum absolute atomic E-state index is 11.9. The van der Waals surface area contributed by atoms with Gasteiger partial charge in [-0.3, -0.25) is 9.69 Å². The number of hydrogen-bond donors (Lipinski definition) is 0. The number of aromatic nitrogens is 2. The highest BCUT2D eigenvalue weighted by Gasteiger charge is 2.33. The molecule has 0 spiro atoms. The van der Waals surface area contributed by atoms with E-state index in [1.54, 1.807) is 33.2 Å². The van der Waals surface area contributed by atoms with Crippen molar-refractivity contribution in [2.75, 3.05) is 11.4 Å². The third-order valence-corrected chi connectivity index (χ3v) is 2.32. The molecule has 0 saturated carbocycles. The van der Waals surface area contributed by atoms with Crippen molar-refractivity contribution < 1.29 is 14.3 Å². The molecule has 92 valence electrons. The normalized spacial score (nSPS) is 14.6. The van der Waals surface area contributed by atoms with E-state index in [1.165, 1.54) is 4.90 Å². The summed E-state index contributed by atoms with van der Waals surface area (Å²) in [5.41, 5.74) is -0.665. The van der Waals surface area contributed by atoms with Crippen molar-refractivity contribution in [2.24, 2.45) is 0 Å². The lowest BCUT2D eigenvalue weighted by Gasteiger charge is -2.20. The van der Waals surface area contributed by atoms with Crippen LogP contribution in [0.1, 0.15) is 20.8 Å². The lowest BCUT2D eigenvalue weighted by Crippen LogP contribution is -2.39. The number of esters is 1. The van der Waals surface area contributed by atoms with Gasteiger partial charge in [-0.1, -0.05) is 0 Å². The largest absolute Gasteiger partial charge is 0.453 e. The topological polar surface area (TPSA) is 64.4 Å². The number of imidazole rings is 1. The lowest BCUT2D eigenvalue weighted by atomic mass is 10.2. The second-order valence-electron chi connectivity index (χ2n) is 4.88. The quantitative estimate of drug-likeness (QED) is 0.489. The van der Waals surface area contributed by atoms with Crippen LogP contribution in [0.4, 0.5) is 5.95 Å². The molecule has 0 atom stereocenters. The van der Waals surface area contributed by atoms with E-state index in [0.717, 1.165) is 0 Å². The van der Waals surface area contributed by atoms with Crippen molar-refractivity contribution in [1.82, 2.24) is 9.55 Å². The van der Waals surface area contributed by atoms with E-state index < -0.39 is 17.5 Å². The molecule has 0 N–H and O–H groups in total. The molecule has 0 bridgehead atoms. The van der Waals surface area contributed by atoms with Crippen molar-refractivity contribution in [2.45, 2.75) is 32.9 Å². The van der Waals surface area contributed by atoms with Gasteiger partial charge in [-0.15, -0.1) is 0 Å². The molecule has 6 nitrogen and oxygen atoms in total. The van der Waals surface area contributed by atoms with Crippen molar-refractivity contribution in [3.8, 4) is 0 Å². The molecule has 0 aromatic carbocycles. The smallest absolute Gasteiger partial charge is 0.398 e. The molecular formula is C11H15N3O3. The molecule has 1 aromatic heterocycles. The third kappa shape index (κ3) is 2.30. The van der Waals surface area contributed by atoms with Crippen LogP contribution >= 0.6 is 0 Å². The van der Waals surface area contributed by atoms with E-state index in [4.69, 9.17) is 4.74 Å². The number of fused-ring (bicyclic) bond motifs is 1. The SMILES string of the molecule is CC(C)(C)OC(=O)C(=O)N1CCn2ccnc21. The molecule has 1 amide bonds. The van der Waals surface area contributed by atoms with Crippen molar-refractivity contribution >= 4 is 17.8 Å². The standard InChI is InChI=1S/C11H15N3O3/c1-11(2,3)17-9(16)8(15)14-7-6-13-5-4-12-10(13)14/h4-5H,6-7H2,1-3H3. The molecule has 0 unspecified atom stereocenters. The number of rotatable bonds is 0. The van der Waals surface area contributed by atoms with E-state index in [2.05, 4.69) is 4.98 Å². The molecule has 1 aliphatic rings. The summed E-state index contributed by atoms with van der Waals surface area (Å²) in [5.74, 6) is -1.00. The first-order chi connectivity index (χ1) is 7.88. The van der Waals surface area contributed by atoms with Crippen LogP contribution in [0.2, 0.25) is 0 Å². The molecule has 17 heavy (non-hydrogen) atoms. The zero-order valence-corrected chi connectivity index (χ0v) is 10.1. The maximum Gasteiger partial charge on any atom is 0.398 e. The van der Waals surface area contributed by atoms with Crippen LogP contribution in [0.3, 0.4) is 0 Å². The molecular weight excluding hydrogens is 222 g/mol. The Morgan fingerprint density at radius 2 is 2.06 bits per heavy atom. The minimum atomic E-state index is -0.839. The first kappa shape index (κ1) is 11.6. The minimum Gasteiger partial charge on any atom is -0.453 e. The second kappa shape index (κ2) is 3.87. The summed E-state index contributed by atoms with van der Waals surface area (Å²) in [7, 11) is 0. The summed E-state index contributed by atoms with van der Waals surface area (Å²) in [6, 6.07) is 0. The fourth-order valence-corrected chi connectivity index (χ4v) is 1.65. The Morgan fingerprint density at radius 1 is 1.35 bits per heavy atom. The number of amides is 1. The van der Waals surface area contributed by atoms with Gasteiger partial charge in [-0.25, -0.2) is 9.78 Å². The van der Waals surface area contributed by atoms with E-state index in [9.17, 15) is 9.59 Å². The zero-order chi connectivity index (χ0) is 12.6. The number of ether oxygens (including phenoxy) is 1. The van der Waals surface area contributed by atoms with Crippen molar-refractivity contribution in [1.29, 1.82) is 0 Å². The number of hydrogen-bond acceptors (Lipinski definition) is 4. The average Bonchev–Trinajstić information content (AvgIpc) is 2.74. The maximum atomic E-state index is 11.9.